The Balaban J connectivity index is 1.98. The van der Waals surface area contributed by atoms with E-state index >= 15 is 0 Å². The van der Waals surface area contributed by atoms with Gasteiger partial charge in [0.2, 0.25) is 0 Å². The van der Waals surface area contributed by atoms with Gasteiger partial charge in [-0.15, -0.1) is 0 Å². The minimum absolute atomic E-state index is 0.0416. The van der Waals surface area contributed by atoms with Crippen molar-refractivity contribution in [3.63, 3.8) is 0 Å². The number of benzene rings is 2. The van der Waals surface area contributed by atoms with E-state index in [0.717, 1.165) is 17.7 Å². The fourth-order valence-electron chi connectivity index (χ4n) is 1.88. The molecule has 2 rings (SSSR count). The first-order valence-corrected chi connectivity index (χ1v) is 6.44. The second-order valence-electron chi connectivity index (χ2n) is 4.79. The van der Waals surface area contributed by atoms with E-state index < -0.39 is 23.6 Å². The van der Waals surface area contributed by atoms with E-state index in [4.69, 9.17) is 0 Å². The molecule has 1 amide bonds. The van der Waals surface area contributed by atoms with Gasteiger partial charge in [-0.3, -0.25) is 4.79 Å². The SMILES string of the molecule is Cc1ccc(C(O)CNC(=O)c2cc(F)cc(F)c2)cc1. The molecular weight excluding hydrogens is 276 g/mol. The minimum atomic E-state index is -0.882. The molecule has 0 aromatic heterocycles. The van der Waals surface area contributed by atoms with E-state index in [-0.39, 0.29) is 12.1 Å². The number of aliphatic hydroxyl groups is 1. The highest BCUT2D eigenvalue weighted by atomic mass is 19.1. The van der Waals surface area contributed by atoms with Crippen molar-refractivity contribution < 1.29 is 18.7 Å². The highest BCUT2D eigenvalue weighted by Crippen LogP contribution is 2.13. The predicted molar refractivity (Wildman–Crippen MR) is 74.8 cm³/mol. The first-order chi connectivity index (χ1) is 9.95. The first kappa shape index (κ1) is 15.1. The second kappa shape index (κ2) is 6.45. The van der Waals surface area contributed by atoms with Crippen LogP contribution in [0.25, 0.3) is 0 Å². The summed E-state index contributed by atoms with van der Waals surface area (Å²) in [7, 11) is 0. The van der Waals surface area contributed by atoms with E-state index in [0.29, 0.717) is 11.6 Å². The van der Waals surface area contributed by atoms with Gasteiger partial charge in [-0.1, -0.05) is 29.8 Å². The molecule has 1 unspecified atom stereocenters. The molecule has 5 heteroatoms. The Morgan fingerprint density at radius 2 is 1.71 bits per heavy atom. The summed E-state index contributed by atoms with van der Waals surface area (Å²) in [6, 6.07) is 9.79. The average Bonchev–Trinajstić information content (AvgIpc) is 2.44. The molecule has 0 radical (unpaired) electrons. The number of halogens is 2. The van der Waals surface area contributed by atoms with Crippen molar-refractivity contribution in [2.75, 3.05) is 6.54 Å². The molecule has 0 bridgehead atoms. The van der Waals surface area contributed by atoms with Crippen LogP contribution in [0.2, 0.25) is 0 Å². The van der Waals surface area contributed by atoms with Gasteiger partial charge in [-0.25, -0.2) is 8.78 Å². The minimum Gasteiger partial charge on any atom is -0.387 e. The highest BCUT2D eigenvalue weighted by molar-refractivity contribution is 5.94. The molecule has 0 aliphatic rings. The fraction of sp³-hybridized carbons (Fsp3) is 0.188. The maximum atomic E-state index is 13.0. The maximum absolute atomic E-state index is 13.0. The number of carbonyl (C=O) groups is 1. The number of carbonyl (C=O) groups excluding carboxylic acids is 1. The van der Waals surface area contributed by atoms with Crippen LogP contribution in [-0.4, -0.2) is 17.6 Å². The van der Waals surface area contributed by atoms with Gasteiger partial charge >= 0.3 is 0 Å². The second-order valence-corrected chi connectivity index (χ2v) is 4.79. The molecular formula is C16H15F2NO2. The normalized spacial score (nSPS) is 12.0. The van der Waals surface area contributed by atoms with E-state index in [1.54, 1.807) is 12.1 Å². The largest absolute Gasteiger partial charge is 0.387 e. The van der Waals surface area contributed by atoms with Gasteiger partial charge in [0.15, 0.2) is 0 Å². The molecule has 2 aromatic carbocycles. The third-order valence-electron chi connectivity index (χ3n) is 3.04. The maximum Gasteiger partial charge on any atom is 0.251 e. The molecule has 0 spiro atoms. The van der Waals surface area contributed by atoms with E-state index in [1.165, 1.54) is 0 Å². The molecule has 0 heterocycles. The highest BCUT2D eigenvalue weighted by Gasteiger charge is 2.12. The molecule has 0 aliphatic heterocycles. The molecule has 1 atom stereocenters. The Morgan fingerprint density at radius 3 is 2.29 bits per heavy atom. The van der Waals surface area contributed by atoms with Crippen molar-refractivity contribution in [3.05, 3.63) is 70.8 Å². The van der Waals surface area contributed by atoms with Crippen molar-refractivity contribution >= 4 is 5.91 Å². The molecule has 0 aliphatic carbocycles. The van der Waals surface area contributed by atoms with E-state index in [1.807, 2.05) is 19.1 Å². The first-order valence-electron chi connectivity index (χ1n) is 6.44. The molecule has 0 saturated carbocycles. The van der Waals surface area contributed by atoms with Gasteiger partial charge in [0.05, 0.1) is 6.10 Å². The number of rotatable bonds is 4. The summed E-state index contributed by atoms with van der Waals surface area (Å²) in [5.74, 6) is -2.28. The Morgan fingerprint density at radius 1 is 1.14 bits per heavy atom. The summed E-state index contributed by atoms with van der Waals surface area (Å²) >= 11 is 0. The monoisotopic (exact) mass is 291 g/mol. The number of hydrogen-bond donors (Lipinski definition) is 2. The van der Waals surface area contributed by atoms with Crippen molar-refractivity contribution in [2.24, 2.45) is 0 Å². The van der Waals surface area contributed by atoms with E-state index in [9.17, 15) is 18.7 Å². The lowest BCUT2D eigenvalue weighted by atomic mass is 10.1. The van der Waals surface area contributed by atoms with Crippen molar-refractivity contribution in [1.82, 2.24) is 5.32 Å². The zero-order valence-corrected chi connectivity index (χ0v) is 11.4. The lowest BCUT2D eigenvalue weighted by Crippen LogP contribution is -2.28. The Labute approximate surface area is 121 Å². The van der Waals surface area contributed by atoms with Gasteiger partial charge in [0.25, 0.3) is 5.91 Å². The van der Waals surface area contributed by atoms with Crippen LogP contribution in [-0.2, 0) is 0 Å². The lowest BCUT2D eigenvalue weighted by Gasteiger charge is -2.12. The Kier molecular flexibility index (Phi) is 4.65. The van der Waals surface area contributed by atoms with Gasteiger partial charge in [-0.2, -0.15) is 0 Å². The standard InChI is InChI=1S/C16H15F2NO2/c1-10-2-4-11(5-3-10)15(20)9-19-16(21)12-6-13(17)8-14(18)7-12/h2-8,15,20H,9H2,1H3,(H,19,21). The van der Waals surface area contributed by atoms with Crippen LogP contribution in [0.4, 0.5) is 8.78 Å². The third-order valence-corrected chi connectivity index (χ3v) is 3.04. The molecule has 0 fully saturated rings. The molecule has 21 heavy (non-hydrogen) atoms. The van der Waals surface area contributed by atoms with Gasteiger partial charge < -0.3 is 10.4 Å². The number of hydrogen-bond acceptors (Lipinski definition) is 2. The summed E-state index contributed by atoms with van der Waals surface area (Å²) in [6.45, 7) is 1.89. The number of aryl methyl sites for hydroxylation is 1. The third kappa shape index (κ3) is 4.10. The summed E-state index contributed by atoms with van der Waals surface area (Å²) in [6.07, 6.45) is -0.882. The van der Waals surface area contributed by atoms with Gasteiger partial charge in [-0.05, 0) is 24.6 Å². The van der Waals surface area contributed by atoms with Crippen LogP contribution in [0.1, 0.15) is 27.6 Å². The lowest BCUT2D eigenvalue weighted by molar-refractivity contribution is 0.0915. The molecule has 2 aromatic rings. The van der Waals surface area contributed by atoms with Crippen LogP contribution in [0.15, 0.2) is 42.5 Å². The predicted octanol–water partition coefficient (Wildman–Crippen LogP) is 2.74. The zero-order valence-electron chi connectivity index (χ0n) is 11.4. The van der Waals surface area contributed by atoms with Crippen LogP contribution < -0.4 is 5.32 Å². The Hall–Kier alpha value is -2.27. The number of amides is 1. The van der Waals surface area contributed by atoms with Crippen molar-refractivity contribution in [2.45, 2.75) is 13.0 Å². The summed E-state index contributed by atoms with van der Waals surface area (Å²) in [5.41, 5.74) is 1.60. The molecule has 3 nitrogen and oxygen atoms in total. The fourth-order valence-corrected chi connectivity index (χ4v) is 1.88. The zero-order chi connectivity index (χ0) is 15.4. The van der Waals surface area contributed by atoms with Gasteiger partial charge in [0, 0.05) is 18.2 Å². The topological polar surface area (TPSA) is 49.3 Å². The molecule has 0 saturated heterocycles. The van der Waals surface area contributed by atoms with Gasteiger partial charge in [0.1, 0.15) is 11.6 Å². The van der Waals surface area contributed by atoms with Crippen molar-refractivity contribution in [1.29, 1.82) is 0 Å². The number of nitrogens with one attached hydrogen (secondary N) is 1. The average molecular weight is 291 g/mol. The van der Waals surface area contributed by atoms with Crippen molar-refractivity contribution in [3.8, 4) is 0 Å². The number of aliphatic hydroxyl groups excluding tert-OH is 1. The van der Waals surface area contributed by atoms with Crippen LogP contribution in [0, 0.1) is 18.6 Å². The van der Waals surface area contributed by atoms with Crippen LogP contribution >= 0.6 is 0 Å². The van der Waals surface area contributed by atoms with Crippen LogP contribution in [0.3, 0.4) is 0 Å². The quantitative estimate of drug-likeness (QED) is 0.910. The summed E-state index contributed by atoms with van der Waals surface area (Å²) in [5, 5.41) is 12.4. The smallest absolute Gasteiger partial charge is 0.251 e. The molecule has 110 valence electrons. The summed E-state index contributed by atoms with van der Waals surface area (Å²) in [4.78, 5) is 11.8. The molecule has 2 N–H and O–H groups in total. The summed E-state index contributed by atoms with van der Waals surface area (Å²) < 4.78 is 26.0. The van der Waals surface area contributed by atoms with E-state index in [2.05, 4.69) is 5.32 Å². The Bertz CT molecular complexity index is 621. The van der Waals surface area contributed by atoms with Crippen LogP contribution in [0.5, 0.6) is 0 Å².